The van der Waals surface area contributed by atoms with Gasteiger partial charge in [0.2, 0.25) is 11.8 Å². The van der Waals surface area contributed by atoms with Crippen molar-refractivity contribution >= 4 is 50.6 Å². The fourth-order valence-corrected chi connectivity index (χ4v) is 7.33. The van der Waals surface area contributed by atoms with E-state index in [4.69, 9.17) is 35.4 Å². The summed E-state index contributed by atoms with van der Waals surface area (Å²) in [5.74, 6) is 9.46. The number of rotatable bonds is 1. The molecule has 0 bridgehead atoms. The molecule has 1 saturated carbocycles. The smallest absolute Gasteiger partial charge is 0.283 e. The molecule has 0 amide bonds. The predicted molar refractivity (Wildman–Crippen MR) is 199 cm³/mol. The lowest BCUT2D eigenvalue weighted by Crippen LogP contribution is -2.31. The summed E-state index contributed by atoms with van der Waals surface area (Å²) in [6.07, 6.45) is 10.8. The van der Waals surface area contributed by atoms with Gasteiger partial charge in [-0.3, -0.25) is 0 Å². The van der Waals surface area contributed by atoms with Crippen LogP contribution in [0.15, 0.2) is 94.1 Å². The van der Waals surface area contributed by atoms with Crippen molar-refractivity contribution in [2.75, 3.05) is 13.2 Å². The lowest BCUT2D eigenvalue weighted by atomic mass is 9.81. The Morgan fingerprint density at radius 3 is 2.00 bits per heavy atom. The number of ether oxygens (including phenoxy) is 4. The van der Waals surface area contributed by atoms with E-state index in [2.05, 4.69) is 75.3 Å². The zero-order chi connectivity index (χ0) is 34.7. The molecule has 0 radical (unpaired) electrons. The fraction of sp³-hybridized carbons (Fsp3) is 0.189. The van der Waals surface area contributed by atoms with Gasteiger partial charge in [-0.05, 0) is 99.4 Å². The molecule has 0 unspecified atom stereocenters. The molecule has 1 fully saturated rings. The molecule has 4 N–H and O–H groups in total. The van der Waals surface area contributed by atoms with E-state index < -0.39 is 11.1 Å². The van der Waals surface area contributed by atoms with Crippen LogP contribution in [-0.2, 0) is 20.6 Å². The van der Waals surface area contributed by atoms with Crippen LogP contribution in [0, 0.1) is 21.3 Å². The second-order valence-corrected chi connectivity index (χ2v) is 14.7. The first-order valence-corrected chi connectivity index (χ1v) is 17.9. The van der Waals surface area contributed by atoms with E-state index in [1.165, 1.54) is 19.2 Å². The molecule has 10 rings (SSSR count). The van der Waals surface area contributed by atoms with Crippen molar-refractivity contribution in [2.24, 2.45) is 27.4 Å². The lowest BCUT2D eigenvalue weighted by Gasteiger charge is -2.33. The SMILES string of the molecule is NC1=N[C@@]2(CO1)c1cc(-c3cncnc3)ccc1Oc1ncc(C#CC3CC3)cc12.NC1=N[C@@]2(CO1)c1cc(I)ccc1Oc1ncc(Br)cc12. The third kappa shape index (κ3) is 5.60. The normalized spacial score (nSPS) is 21.4. The molecular weight excluding hydrogens is 827 g/mol. The zero-order valence-corrected chi connectivity index (χ0v) is 30.4. The molecule has 7 heterocycles. The van der Waals surface area contributed by atoms with Crippen molar-refractivity contribution in [3.05, 3.63) is 116 Å². The minimum Gasteiger partial charge on any atom is -0.462 e. The largest absolute Gasteiger partial charge is 0.462 e. The summed E-state index contributed by atoms with van der Waals surface area (Å²) in [5, 5.41) is 0. The molecule has 4 aliphatic heterocycles. The summed E-state index contributed by atoms with van der Waals surface area (Å²) in [4.78, 5) is 26.4. The standard InChI is InChI=1S/C23H17N5O2.C14H9BrIN3O2/c24-22-28-23(12-29-22)18-8-16(17-10-25-13-26-11-17)5-6-20(18)30-21-19(23)7-15(9-27-21)4-3-14-1-2-14;15-7-3-10-12(18-5-7)21-11-2-1-8(16)4-9(11)14(10)6-20-13(17)19-14/h5-11,13-14H,1-2,12H2,(H2,24,28);1-5H,6H2,(H2,17,19)/t23-;14-/m00/s1. The number of fused-ring (bicyclic) bond motifs is 8. The zero-order valence-electron chi connectivity index (χ0n) is 26.6. The summed E-state index contributed by atoms with van der Waals surface area (Å²) in [5.41, 5.74) is 16.4. The van der Waals surface area contributed by atoms with Crippen LogP contribution in [0.4, 0.5) is 0 Å². The van der Waals surface area contributed by atoms with E-state index >= 15 is 0 Å². The summed E-state index contributed by atoms with van der Waals surface area (Å²) < 4.78 is 25.1. The number of nitrogens with two attached hydrogens (primary N) is 2. The maximum atomic E-state index is 6.13. The quantitative estimate of drug-likeness (QED) is 0.148. The molecule has 0 saturated heterocycles. The molecule has 1 aliphatic carbocycles. The predicted octanol–water partition coefficient (Wildman–Crippen LogP) is 6.14. The van der Waals surface area contributed by atoms with Crippen molar-refractivity contribution < 1.29 is 18.9 Å². The van der Waals surface area contributed by atoms with Crippen LogP contribution in [0.3, 0.4) is 0 Å². The summed E-state index contributed by atoms with van der Waals surface area (Å²) in [6, 6.07) is 16.2. The highest BCUT2D eigenvalue weighted by atomic mass is 127. The molecule has 51 heavy (non-hydrogen) atoms. The summed E-state index contributed by atoms with van der Waals surface area (Å²) in [7, 11) is 0. The van der Waals surface area contributed by atoms with Gasteiger partial charge >= 0.3 is 0 Å². The van der Waals surface area contributed by atoms with E-state index in [0.29, 0.717) is 30.0 Å². The number of amidine groups is 2. The number of halogens is 2. The van der Waals surface area contributed by atoms with Crippen LogP contribution in [-0.4, -0.2) is 45.2 Å². The Bertz CT molecular complexity index is 2320. The van der Waals surface area contributed by atoms with Crippen LogP contribution in [0.25, 0.3) is 11.1 Å². The van der Waals surface area contributed by atoms with E-state index in [-0.39, 0.29) is 18.7 Å². The van der Waals surface area contributed by atoms with Gasteiger partial charge in [0.1, 0.15) is 31.0 Å². The highest BCUT2D eigenvalue weighted by Gasteiger charge is 2.49. The molecule has 3 aromatic heterocycles. The maximum absolute atomic E-state index is 6.13. The van der Waals surface area contributed by atoms with Crippen LogP contribution < -0.4 is 20.9 Å². The summed E-state index contributed by atoms with van der Waals surface area (Å²) >= 11 is 5.72. The Kier molecular flexibility index (Phi) is 7.58. The van der Waals surface area contributed by atoms with Crippen LogP contribution in [0.5, 0.6) is 23.3 Å². The Morgan fingerprint density at radius 2 is 1.35 bits per heavy atom. The molecule has 5 aliphatic rings. The number of aliphatic imine (C=N–C) groups is 2. The van der Waals surface area contributed by atoms with E-state index in [1.54, 1.807) is 24.8 Å². The number of hydrogen-bond donors (Lipinski definition) is 2. The maximum Gasteiger partial charge on any atom is 0.283 e. The first kappa shape index (κ1) is 31.7. The topological polar surface area (TPSA) is 165 Å². The van der Waals surface area contributed by atoms with Gasteiger partial charge in [0.25, 0.3) is 12.0 Å². The Hall–Kier alpha value is -5.27. The first-order chi connectivity index (χ1) is 24.8. The first-order valence-electron chi connectivity index (χ1n) is 16.0. The van der Waals surface area contributed by atoms with Gasteiger partial charge in [-0.25, -0.2) is 29.9 Å². The highest BCUT2D eigenvalue weighted by molar-refractivity contribution is 14.1. The van der Waals surface area contributed by atoms with Crippen molar-refractivity contribution in [2.45, 2.75) is 23.9 Å². The molecule has 252 valence electrons. The Morgan fingerprint density at radius 1 is 0.725 bits per heavy atom. The lowest BCUT2D eigenvalue weighted by molar-refractivity contribution is 0.262. The molecule has 12 nitrogen and oxygen atoms in total. The number of hydrogen-bond acceptors (Lipinski definition) is 12. The van der Waals surface area contributed by atoms with E-state index in [0.717, 1.165) is 52.7 Å². The summed E-state index contributed by atoms with van der Waals surface area (Å²) in [6.45, 7) is 0.624. The van der Waals surface area contributed by atoms with E-state index in [1.807, 2.05) is 48.5 Å². The van der Waals surface area contributed by atoms with Crippen LogP contribution in [0.2, 0.25) is 0 Å². The van der Waals surface area contributed by atoms with Gasteiger partial charge in [0, 0.05) is 61.0 Å². The number of benzene rings is 2. The minimum atomic E-state index is -0.830. The molecule has 5 aromatic rings. The third-order valence-corrected chi connectivity index (χ3v) is 10.2. The number of aromatic nitrogens is 4. The average Bonchev–Trinajstić information content (AvgIpc) is 3.78. The average molecular weight is 853 g/mol. The van der Waals surface area contributed by atoms with Gasteiger partial charge in [-0.1, -0.05) is 17.9 Å². The van der Waals surface area contributed by atoms with Gasteiger partial charge in [0.05, 0.1) is 11.1 Å². The molecule has 2 atom stereocenters. The van der Waals surface area contributed by atoms with Crippen molar-refractivity contribution in [1.82, 2.24) is 19.9 Å². The van der Waals surface area contributed by atoms with Gasteiger partial charge in [-0.15, -0.1) is 0 Å². The number of pyridine rings is 2. The molecule has 2 aromatic carbocycles. The highest BCUT2D eigenvalue weighted by Crippen LogP contribution is 2.52. The molecule has 14 heteroatoms. The second-order valence-electron chi connectivity index (χ2n) is 12.5. The van der Waals surface area contributed by atoms with Crippen molar-refractivity contribution in [3.63, 3.8) is 0 Å². The second kappa shape index (κ2) is 12.2. The van der Waals surface area contributed by atoms with Crippen LogP contribution in [0.1, 0.15) is 40.7 Å². The fourth-order valence-electron chi connectivity index (χ4n) is 6.51. The van der Waals surface area contributed by atoms with Gasteiger partial charge in [-0.2, -0.15) is 0 Å². The Balaban J connectivity index is 0.000000146. The van der Waals surface area contributed by atoms with Crippen molar-refractivity contribution in [1.29, 1.82) is 0 Å². The monoisotopic (exact) mass is 852 g/mol. The minimum absolute atomic E-state index is 0.150. The molecular formula is C37H26BrIN8O4. The van der Waals surface area contributed by atoms with Gasteiger partial charge in [0.15, 0.2) is 11.1 Å². The van der Waals surface area contributed by atoms with Gasteiger partial charge < -0.3 is 30.4 Å². The van der Waals surface area contributed by atoms with Crippen LogP contribution >= 0.6 is 38.5 Å². The van der Waals surface area contributed by atoms with E-state index in [9.17, 15) is 0 Å². The van der Waals surface area contributed by atoms with Crippen molar-refractivity contribution in [3.8, 4) is 46.2 Å². The number of nitrogens with zero attached hydrogens (tertiary/aromatic N) is 6. The molecule has 2 spiro atoms. The third-order valence-electron chi connectivity index (χ3n) is 9.14. The Labute approximate surface area is 314 Å².